The van der Waals surface area contributed by atoms with Gasteiger partial charge in [0.1, 0.15) is 6.10 Å². The molecule has 0 radical (unpaired) electrons. The van der Waals surface area contributed by atoms with E-state index < -0.39 is 0 Å². The highest BCUT2D eigenvalue weighted by Crippen LogP contribution is 2.35. The molecule has 1 aliphatic carbocycles. The Hall–Kier alpha value is -2.44. The molecule has 0 saturated carbocycles. The van der Waals surface area contributed by atoms with Gasteiger partial charge in [-0.05, 0) is 30.7 Å². The second-order valence-electron chi connectivity index (χ2n) is 5.15. The fourth-order valence-corrected chi connectivity index (χ4v) is 2.56. The van der Waals surface area contributed by atoms with Crippen LogP contribution in [-0.2, 0) is 14.5 Å². The average Bonchev–Trinajstić information content (AvgIpc) is 2.60. The van der Waals surface area contributed by atoms with Gasteiger partial charge in [0, 0.05) is 30.4 Å². The average molecular weight is 314 g/mol. The lowest BCUT2D eigenvalue weighted by Gasteiger charge is -2.26. The molecular formula is C17H18N2O4. The fourth-order valence-electron chi connectivity index (χ4n) is 2.56. The van der Waals surface area contributed by atoms with Crippen LogP contribution < -0.4 is 0 Å². The molecule has 1 aromatic heterocycles. The molecule has 0 saturated heterocycles. The molecule has 120 valence electrons. The fraction of sp³-hybridized carbons (Fsp3) is 0.294. The first kappa shape index (κ1) is 15.5. The van der Waals surface area contributed by atoms with E-state index in [2.05, 4.69) is 10.1 Å². The summed E-state index contributed by atoms with van der Waals surface area (Å²) in [6.07, 6.45) is 9.33. The number of ether oxygens (including phenoxy) is 1. The molecule has 1 aromatic rings. The molecule has 0 spiro atoms. The molecule has 0 aromatic carbocycles. The van der Waals surface area contributed by atoms with Crippen LogP contribution in [0.25, 0.3) is 5.57 Å². The van der Waals surface area contributed by atoms with Crippen molar-refractivity contribution in [2.75, 3.05) is 13.2 Å². The quantitative estimate of drug-likeness (QED) is 0.391. The minimum Gasteiger partial charge on any atom is -0.411 e. The van der Waals surface area contributed by atoms with Crippen LogP contribution in [0.4, 0.5) is 0 Å². The number of hydrogen-bond acceptors (Lipinski definition) is 6. The first-order valence-electron chi connectivity index (χ1n) is 7.47. The number of nitrogens with zero attached hydrogens (tertiary/aromatic N) is 2. The van der Waals surface area contributed by atoms with Crippen LogP contribution in [0.3, 0.4) is 0 Å². The van der Waals surface area contributed by atoms with Gasteiger partial charge < -0.3 is 14.8 Å². The lowest BCUT2D eigenvalue weighted by atomic mass is 9.91. The number of allylic oxidation sites excluding steroid dienone is 4. The highest BCUT2D eigenvalue weighted by Gasteiger charge is 2.24. The van der Waals surface area contributed by atoms with Gasteiger partial charge in [0.15, 0.2) is 5.76 Å². The second-order valence-corrected chi connectivity index (χ2v) is 5.15. The van der Waals surface area contributed by atoms with Crippen molar-refractivity contribution in [1.82, 2.24) is 4.98 Å². The molecule has 0 amide bonds. The van der Waals surface area contributed by atoms with Crippen LogP contribution in [-0.4, -0.2) is 35.7 Å². The molecule has 3 rings (SSSR count). The molecule has 6 nitrogen and oxygen atoms in total. The first-order chi connectivity index (χ1) is 11.3. The van der Waals surface area contributed by atoms with Gasteiger partial charge in [-0.25, -0.2) is 0 Å². The monoisotopic (exact) mass is 314 g/mol. The Morgan fingerprint density at radius 3 is 3.17 bits per heavy atom. The van der Waals surface area contributed by atoms with E-state index in [0.29, 0.717) is 31.1 Å². The van der Waals surface area contributed by atoms with Crippen LogP contribution in [0.5, 0.6) is 0 Å². The van der Waals surface area contributed by atoms with Crippen LogP contribution in [0.15, 0.2) is 53.0 Å². The Bertz CT molecular complexity index is 692. The van der Waals surface area contributed by atoms with Crippen molar-refractivity contribution in [3.8, 4) is 0 Å². The minimum absolute atomic E-state index is 0.214. The van der Waals surface area contributed by atoms with E-state index in [0.717, 1.165) is 16.7 Å². The van der Waals surface area contributed by atoms with Gasteiger partial charge in [-0.2, -0.15) is 4.89 Å². The molecule has 0 fully saturated rings. The Labute approximate surface area is 134 Å². The van der Waals surface area contributed by atoms with Gasteiger partial charge in [-0.3, -0.25) is 4.98 Å². The molecule has 2 aliphatic rings. The van der Waals surface area contributed by atoms with E-state index >= 15 is 0 Å². The lowest BCUT2D eigenvalue weighted by Crippen LogP contribution is -2.23. The van der Waals surface area contributed by atoms with E-state index in [4.69, 9.17) is 19.7 Å². The highest BCUT2D eigenvalue weighted by molar-refractivity contribution is 5.87. The summed E-state index contributed by atoms with van der Waals surface area (Å²) in [7, 11) is 0. The van der Waals surface area contributed by atoms with Crippen molar-refractivity contribution in [2.24, 2.45) is 5.16 Å². The zero-order chi connectivity index (χ0) is 16.1. The summed E-state index contributed by atoms with van der Waals surface area (Å²) in [4.78, 5) is 14.9. The highest BCUT2D eigenvalue weighted by atomic mass is 17.2. The van der Waals surface area contributed by atoms with Gasteiger partial charge >= 0.3 is 0 Å². The van der Waals surface area contributed by atoms with Crippen molar-refractivity contribution in [3.05, 3.63) is 59.1 Å². The Balaban J connectivity index is 1.85. The molecule has 1 aliphatic heterocycles. The van der Waals surface area contributed by atoms with Gasteiger partial charge in [0.25, 0.3) is 0 Å². The maximum Gasteiger partial charge on any atom is 0.168 e. The molecule has 2 heterocycles. The first-order valence-corrected chi connectivity index (χ1v) is 7.47. The maximum atomic E-state index is 8.78. The SMILES string of the molecule is CCOCC1C=C2CC(c3cccnc3C=NO)=CC=C2OO1. The maximum absolute atomic E-state index is 8.78. The smallest absolute Gasteiger partial charge is 0.168 e. The van der Waals surface area contributed by atoms with Gasteiger partial charge in [0.2, 0.25) is 0 Å². The Morgan fingerprint density at radius 2 is 2.35 bits per heavy atom. The molecule has 6 heteroatoms. The number of fused-ring (bicyclic) bond motifs is 1. The third-order valence-corrected chi connectivity index (χ3v) is 3.63. The second kappa shape index (κ2) is 7.21. The van der Waals surface area contributed by atoms with Crippen molar-refractivity contribution in [2.45, 2.75) is 19.4 Å². The summed E-state index contributed by atoms with van der Waals surface area (Å²) >= 11 is 0. The van der Waals surface area contributed by atoms with Gasteiger partial charge in [-0.1, -0.05) is 17.3 Å². The normalized spacial score (nSPS) is 20.4. The van der Waals surface area contributed by atoms with Gasteiger partial charge in [-0.15, -0.1) is 0 Å². The Morgan fingerprint density at radius 1 is 1.43 bits per heavy atom. The number of hydrogen-bond donors (Lipinski definition) is 1. The molecule has 23 heavy (non-hydrogen) atoms. The third kappa shape index (κ3) is 3.49. The summed E-state index contributed by atoms with van der Waals surface area (Å²) in [6.45, 7) is 3.04. The molecular weight excluding hydrogens is 296 g/mol. The molecule has 1 unspecified atom stereocenters. The number of aromatic nitrogens is 1. The summed E-state index contributed by atoms with van der Waals surface area (Å²) in [5.74, 6) is 0.711. The predicted molar refractivity (Wildman–Crippen MR) is 84.8 cm³/mol. The predicted octanol–water partition coefficient (Wildman–Crippen LogP) is 2.85. The molecule has 1 N–H and O–H groups in total. The van der Waals surface area contributed by atoms with E-state index in [9.17, 15) is 0 Å². The largest absolute Gasteiger partial charge is 0.411 e. The number of rotatable bonds is 5. The van der Waals surface area contributed by atoms with E-state index in [-0.39, 0.29) is 6.10 Å². The van der Waals surface area contributed by atoms with Gasteiger partial charge in [0.05, 0.1) is 18.5 Å². The van der Waals surface area contributed by atoms with Crippen LogP contribution in [0, 0.1) is 0 Å². The van der Waals surface area contributed by atoms with E-state index in [1.54, 1.807) is 6.20 Å². The summed E-state index contributed by atoms with van der Waals surface area (Å²) < 4.78 is 5.38. The van der Waals surface area contributed by atoms with Crippen LogP contribution >= 0.6 is 0 Å². The summed E-state index contributed by atoms with van der Waals surface area (Å²) in [6, 6.07) is 3.81. The Kier molecular flexibility index (Phi) is 4.85. The minimum atomic E-state index is -0.214. The van der Waals surface area contributed by atoms with Crippen molar-refractivity contribution in [1.29, 1.82) is 0 Å². The van der Waals surface area contributed by atoms with Crippen molar-refractivity contribution < 1.29 is 19.7 Å². The lowest BCUT2D eigenvalue weighted by molar-refractivity contribution is -0.294. The van der Waals surface area contributed by atoms with Crippen molar-refractivity contribution in [3.63, 3.8) is 0 Å². The van der Waals surface area contributed by atoms with E-state index in [1.165, 1.54) is 6.21 Å². The summed E-state index contributed by atoms with van der Waals surface area (Å²) in [5, 5.41) is 11.9. The topological polar surface area (TPSA) is 73.2 Å². The molecule has 0 bridgehead atoms. The zero-order valence-electron chi connectivity index (χ0n) is 12.8. The molecule has 1 atom stereocenters. The number of pyridine rings is 1. The van der Waals surface area contributed by atoms with E-state index in [1.807, 2.05) is 37.3 Å². The third-order valence-electron chi connectivity index (χ3n) is 3.63. The number of oxime groups is 1. The van der Waals surface area contributed by atoms with Crippen LogP contribution in [0.1, 0.15) is 24.6 Å². The van der Waals surface area contributed by atoms with Crippen LogP contribution in [0.2, 0.25) is 0 Å². The zero-order valence-corrected chi connectivity index (χ0v) is 12.8. The van der Waals surface area contributed by atoms with Crippen molar-refractivity contribution >= 4 is 11.8 Å². The standard InChI is InChI=1S/C17H18N2O4/c1-2-21-11-14-9-13-8-12(5-6-17(13)23-22-14)15-4-3-7-18-16(15)10-19-20/h3-7,9-10,14,20H,2,8,11H2,1H3. The summed E-state index contributed by atoms with van der Waals surface area (Å²) in [5.41, 5.74) is 3.67.